The molecule has 156 valence electrons. The first kappa shape index (κ1) is 22.6. The van der Waals surface area contributed by atoms with Gasteiger partial charge in [-0.05, 0) is 37.3 Å². The number of carbonyl (C=O) groups is 2. The van der Waals surface area contributed by atoms with Crippen LogP contribution in [0.4, 0.5) is 33.3 Å². The second-order valence-corrected chi connectivity index (χ2v) is 6.51. The van der Waals surface area contributed by atoms with Crippen molar-refractivity contribution >= 4 is 34.8 Å². The topological polar surface area (TPSA) is 78.4 Å². The first-order valence-corrected chi connectivity index (χ1v) is 8.30. The molecule has 0 fully saturated rings. The van der Waals surface area contributed by atoms with Gasteiger partial charge in [-0.1, -0.05) is 23.7 Å². The molecular formula is C18H14ClF5N2O3. The lowest BCUT2D eigenvalue weighted by molar-refractivity contribution is -0.242. The molecule has 2 aromatic rings. The van der Waals surface area contributed by atoms with Crippen molar-refractivity contribution in [2.24, 2.45) is 0 Å². The largest absolute Gasteiger partial charge is 0.426 e. The molecule has 0 radical (unpaired) electrons. The molecule has 0 saturated heterocycles. The van der Waals surface area contributed by atoms with Gasteiger partial charge in [0, 0.05) is 16.8 Å². The Morgan fingerprint density at radius 3 is 2.28 bits per heavy atom. The molecule has 29 heavy (non-hydrogen) atoms. The molecule has 0 heterocycles. The van der Waals surface area contributed by atoms with Crippen LogP contribution in [-0.2, 0) is 4.79 Å². The molecule has 1 unspecified atom stereocenters. The molecule has 2 aromatic carbocycles. The minimum Gasteiger partial charge on any atom is -0.373 e. The summed E-state index contributed by atoms with van der Waals surface area (Å²) < 4.78 is 63.5. The normalized spacial score (nSPS) is 13.7. The van der Waals surface area contributed by atoms with Gasteiger partial charge in [0.2, 0.25) is 5.60 Å². The van der Waals surface area contributed by atoms with Crippen molar-refractivity contribution in [1.82, 2.24) is 0 Å². The van der Waals surface area contributed by atoms with Gasteiger partial charge < -0.3 is 15.7 Å². The summed E-state index contributed by atoms with van der Waals surface area (Å²) in [5.41, 5.74) is -4.16. The average Bonchev–Trinajstić information content (AvgIpc) is 2.62. The number of hydrogen-bond acceptors (Lipinski definition) is 3. The van der Waals surface area contributed by atoms with Crippen LogP contribution in [0.1, 0.15) is 29.3 Å². The maximum Gasteiger partial charge on any atom is 0.426 e. The molecule has 0 aromatic heterocycles. The summed E-state index contributed by atoms with van der Waals surface area (Å²) in [5, 5.41) is 13.3. The van der Waals surface area contributed by atoms with E-state index in [1.807, 2.05) is 5.32 Å². The van der Waals surface area contributed by atoms with Gasteiger partial charge in [-0.15, -0.1) is 0 Å². The van der Waals surface area contributed by atoms with Gasteiger partial charge in [0.1, 0.15) is 0 Å². The third-order valence-electron chi connectivity index (χ3n) is 3.87. The van der Waals surface area contributed by atoms with Crippen molar-refractivity contribution in [3.8, 4) is 0 Å². The van der Waals surface area contributed by atoms with Crippen LogP contribution >= 0.6 is 11.6 Å². The van der Waals surface area contributed by atoms with Crippen molar-refractivity contribution in [3.05, 3.63) is 58.6 Å². The van der Waals surface area contributed by atoms with Gasteiger partial charge in [-0.3, -0.25) is 9.59 Å². The Morgan fingerprint density at radius 1 is 1.07 bits per heavy atom. The lowest BCUT2D eigenvalue weighted by Gasteiger charge is -2.25. The molecule has 0 aliphatic rings. The van der Waals surface area contributed by atoms with E-state index in [-0.39, 0.29) is 34.4 Å². The van der Waals surface area contributed by atoms with E-state index < -0.39 is 30.0 Å². The second kappa shape index (κ2) is 8.34. The van der Waals surface area contributed by atoms with Crippen LogP contribution in [0.15, 0.2) is 42.5 Å². The zero-order chi connectivity index (χ0) is 22.0. The molecule has 1 atom stereocenters. The number of anilines is 2. The summed E-state index contributed by atoms with van der Waals surface area (Å²) in [6.07, 6.45) is -7.94. The summed E-state index contributed by atoms with van der Waals surface area (Å²) >= 11 is 5.89. The van der Waals surface area contributed by atoms with E-state index in [4.69, 9.17) is 11.6 Å². The fourth-order valence-electron chi connectivity index (χ4n) is 2.09. The lowest BCUT2D eigenvalue weighted by Crippen LogP contribution is -2.52. The number of rotatable bonds is 5. The quantitative estimate of drug-likeness (QED) is 0.590. The maximum absolute atomic E-state index is 12.7. The Morgan fingerprint density at radius 2 is 1.72 bits per heavy atom. The molecule has 0 saturated carbocycles. The van der Waals surface area contributed by atoms with Crippen molar-refractivity contribution < 1.29 is 36.6 Å². The minimum atomic E-state index is -5.21. The highest BCUT2D eigenvalue weighted by Crippen LogP contribution is 2.32. The Bertz CT molecular complexity index is 932. The molecule has 3 N–H and O–H groups in total. The summed E-state index contributed by atoms with van der Waals surface area (Å²) in [6, 6.07) is 8.26. The van der Waals surface area contributed by atoms with Gasteiger partial charge >= 0.3 is 6.18 Å². The molecule has 0 aliphatic carbocycles. The summed E-state index contributed by atoms with van der Waals surface area (Å²) in [5.74, 6) is -2.48. The number of nitrogens with one attached hydrogen (secondary N) is 2. The highest BCUT2D eigenvalue weighted by Gasteiger charge is 2.55. The molecular weight excluding hydrogens is 423 g/mol. The number of aliphatic hydroxyl groups is 1. The van der Waals surface area contributed by atoms with Gasteiger partial charge in [0.25, 0.3) is 18.2 Å². The van der Waals surface area contributed by atoms with E-state index in [0.717, 1.165) is 24.3 Å². The van der Waals surface area contributed by atoms with Crippen LogP contribution < -0.4 is 10.6 Å². The molecule has 0 aliphatic heterocycles. The van der Waals surface area contributed by atoms with Crippen molar-refractivity contribution in [1.29, 1.82) is 0 Å². The van der Waals surface area contributed by atoms with E-state index in [0.29, 0.717) is 0 Å². The number of carbonyl (C=O) groups excluding carboxylic acids is 2. The van der Waals surface area contributed by atoms with Crippen LogP contribution in [0.5, 0.6) is 0 Å². The lowest BCUT2D eigenvalue weighted by atomic mass is 10.1. The predicted octanol–water partition coefficient (Wildman–Crippen LogP) is 4.78. The van der Waals surface area contributed by atoms with E-state index in [9.17, 15) is 36.6 Å². The number of halogens is 6. The SMILES string of the molecule is CC(O)(C(=O)Nc1ccc(C(=O)Nc2cccc(C(F)F)c2)cc1Cl)C(F)(F)F. The number of hydrogen-bond donors (Lipinski definition) is 3. The minimum absolute atomic E-state index is 0.0435. The van der Waals surface area contributed by atoms with Crippen LogP contribution in [0.3, 0.4) is 0 Å². The van der Waals surface area contributed by atoms with E-state index in [2.05, 4.69) is 5.32 Å². The summed E-state index contributed by atoms with van der Waals surface area (Å²) in [4.78, 5) is 23.9. The standard InChI is InChI=1S/C18H14ClF5N2O3/c1-17(29,18(22,23)24)16(28)26-13-6-5-10(8-12(13)19)15(27)25-11-4-2-3-9(7-11)14(20)21/h2-8,14,29H,1H3,(H,25,27)(H,26,28). The highest BCUT2D eigenvalue weighted by atomic mass is 35.5. The number of amides is 2. The van der Waals surface area contributed by atoms with Crippen LogP contribution in [-0.4, -0.2) is 28.7 Å². The molecule has 5 nitrogen and oxygen atoms in total. The van der Waals surface area contributed by atoms with Crippen molar-refractivity contribution in [2.75, 3.05) is 10.6 Å². The molecule has 0 bridgehead atoms. The Balaban J connectivity index is 2.16. The molecule has 2 amide bonds. The van der Waals surface area contributed by atoms with Crippen molar-refractivity contribution in [3.63, 3.8) is 0 Å². The first-order valence-electron chi connectivity index (χ1n) is 7.92. The second-order valence-electron chi connectivity index (χ2n) is 6.10. The first-order chi connectivity index (χ1) is 13.3. The third-order valence-corrected chi connectivity index (χ3v) is 4.18. The van der Waals surface area contributed by atoms with Crippen LogP contribution in [0.2, 0.25) is 5.02 Å². The monoisotopic (exact) mass is 436 g/mol. The van der Waals surface area contributed by atoms with Gasteiger partial charge in [0.15, 0.2) is 0 Å². The van der Waals surface area contributed by atoms with Gasteiger partial charge in [-0.2, -0.15) is 13.2 Å². The molecule has 0 spiro atoms. The zero-order valence-corrected chi connectivity index (χ0v) is 15.4. The summed E-state index contributed by atoms with van der Waals surface area (Å²) in [6.45, 7) is 0.283. The van der Waals surface area contributed by atoms with Crippen LogP contribution in [0, 0.1) is 0 Å². The third kappa shape index (κ3) is 5.21. The Hall–Kier alpha value is -2.72. The van der Waals surface area contributed by atoms with Crippen molar-refractivity contribution in [2.45, 2.75) is 25.1 Å². The Labute approximate surface area is 166 Å². The van der Waals surface area contributed by atoms with E-state index >= 15 is 0 Å². The average molecular weight is 437 g/mol. The van der Waals surface area contributed by atoms with Gasteiger partial charge in [-0.25, -0.2) is 8.78 Å². The van der Waals surface area contributed by atoms with E-state index in [1.165, 1.54) is 18.2 Å². The predicted molar refractivity (Wildman–Crippen MR) is 96.1 cm³/mol. The Kier molecular flexibility index (Phi) is 6.49. The fraction of sp³-hybridized carbons (Fsp3) is 0.222. The highest BCUT2D eigenvalue weighted by molar-refractivity contribution is 6.34. The fourth-order valence-corrected chi connectivity index (χ4v) is 2.31. The molecule has 11 heteroatoms. The summed E-state index contributed by atoms with van der Waals surface area (Å²) in [7, 11) is 0. The molecule has 2 rings (SSSR count). The number of alkyl halides is 5. The smallest absolute Gasteiger partial charge is 0.373 e. The maximum atomic E-state index is 12.7. The van der Waals surface area contributed by atoms with E-state index in [1.54, 1.807) is 0 Å². The van der Waals surface area contributed by atoms with Crippen LogP contribution in [0.25, 0.3) is 0 Å². The van der Waals surface area contributed by atoms with Gasteiger partial charge in [0.05, 0.1) is 10.7 Å². The zero-order valence-electron chi connectivity index (χ0n) is 14.7. The number of benzene rings is 2.